The lowest BCUT2D eigenvalue weighted by molar-refractivity contribution is 0.0922. The Balaban J connectivity index is 1.47. The van der Waals surface area contributed by atoms with E-state index in [2.05, 4.69) is 26.9 Å². The van der Waals surface area contributed by atoms with E-state index in [1.807, 2.05) is 18.4 Å². The smallest absolute Gasteiger partial charge is 0.289 e. The molecule has 2 amide bonds. The number of carbonyl (C=O) groups excluding carboxylic acids is 2. The standard InChI is InChI=1S/C22H22N4O3S/c1-14-19-16(25-26-21(27)17-7-2-3-11-23-17)8-4-9-18(19)29-20(14)22(28)24-12-10-15-6-5-13-30-15/h2-3,5-7,11,13H,4,8-10,12H2,1H3,(H,24,28)(H,26,27)/b25-16+. The summed E-state index contributed by atoms with van der Waals surface area (Å²) >= 11 is 1.67. The van der Waals surface area contributed by atoms with E-state index < -0.39 is 0 Å². The monoisotopic (exact) mass is 422 g/mol. The molecule has 3 heterocycles. The van der Waals surface area contributed by atoms with Crippen LogP contribution in [0.3, 0.4) is 0 Å². The third-order valence-corrected chi connectivity index (χ3v) is 5.90. The SMILES string of the molecule is Cc1c(C(=O)NCCc2cccs2)oc2c1/C(=N/NC(=O)c1ccccn1)CCC2. The van der Waals surface area contributed by atoms with Crippen LogP contribution in [0, 0.1) is 6.92 Å². The largest absolute Gasteiger partial charge is 0.455 e. The molecular formula is C22H22N4O3S. The first-order chi connectivity index (χ1) is 14.6. The lowest BCUT2D eigenvalue weighted by Crippen LogP contribution is -2.26. The maximum atomic E-state index is 12.7. The number of hydrazone groups is 1. The first-order valence-electron chi connectivity index (χ1n) is 9.84. The number of rotatable bonds is 6. The van der Waals surface area contributed by atoms with Gasteiger partial charge in [-0.15, -0.1) is 11.3 Å². The van der Waals surface area contributed by atoms with Crippen LogP contribution >= 0.6 is 11.3 Å². The van der Waals surface area contributed by atoms with E-state index in [1.165, 1.54) is 4.88 Å². The zero-order valence-corrected chi connectivity index (χ0v) is 17.4. The maximum absolute atomic E-state index is 12.7. The minimum absolute atomic E-state index is 0.227. The van der Waals surface area contributed by atoms with Gasteiger partial charge >= 0.3 is 0 Å². The van der Waals surface area contributed by atoms with Crippen LogP contribution in [0.4, 0.5) is 0 Å². The fraction of sp³-hybridized carbons (Fsp3) is 0.273. The lowest BCUT2D eigenvalue weighted by atomic mass is 9.93. The molecule has 1 aliphatic carbocycles. The number of thiophene rings is 1. The van der Waals surface area contributed by atoms with Crippen molar-refractivity contribution >= 4 is 28.9 Å². The molecule has 1 aliphatic rings. The van der Waals surface area contributed by atoms with Gasteiger partial charge in [-0.05, 0) is 49.8 Å². The van der Waals surface area contributed by atoms with Crippen LogP contribution in [0.25, 0.3) is 0 Å². The van der Waals surface area contributed by atoms with Crippen molar-refractivity contribution in [3.8, 4) is 0 Å². The van der Waals surface area contributed by atoms with Crippen molar-refractivity contribution in [3.63, 3.8) is 0 Å². The average Bonchev–Trinajstić information content (AvgIpc) is 3.41. The predicted molar refractivity (Wildman–Crippen MR) is 115 cm³/mol. The number of nitrogens with zero attached hydrogens (tertiary/aromatic N) is 2. The van der Waals surface area contributed by atoms with E-state index in [9.17, 15) is 9.59 Å². The molecule has 8 heteroatoms. The second-order valence-corrected chi connectivity index (χ2v) is 8.04. The normalized spacial score (nSPS) is 14.4. The molecule has 0 spiro atoms. The third-order valence-electron chi connectivity index (χ3n) is 4.96. The number of nitrogens with one attached hydrogen (secondary N) is 2. The number of hydrogen-bond donors (Lipinski definition) is 2. The number of amides is 2. The Bertz CT molecular complexity index is 1070. The van der Waals surface area contributed by atoms with E-state index in [4.69, 9.17) is 4.42 Å². The Labute approximate surface area is 178 Å². The average molecular weight is 423 g/mol. The van der Waals surface area contributed by atoms with Crippen LogP contribution in [0.5, 0.6) is 0 Å². The fourth-order valence-electron chi connectivity index (χ4n) is 3.50. The molecule has 3 aromatic heterocycles. The third kappa shape index (κ3) is 4.33. The zero-order valence-electron chi connectivity index (χ0n) is 16.6. The molecule has 3 aromatic rings. The van der Waals surface area contributed by atoms with Crippen LogP contribution in [0.15, 0.2) is 51.4 Å². The molecule has 4 rings (SSSR count). The molecule has 0 unspecified atom stereocenters. The summed E-state index contributed by atoms with van der Waals surface area (Å²) in [5.41, 5.74) is 5.17. The quantitative estimate of drug-likeness (QED) is 0.594. The van der Waals surface area contributed by atoms with Crippen molar-refractivity contribution in [2.75, 3.05) is 6.54 Å². The highest BCUT2D eigenvalue weighted by Crippen LogP contribution is 2.29. The van der Waals surface area contributed by atoms with Gasteiger partial charge in [0.1, 0.15) is 11.5 Å². The van der Waals surface area contributed by atoms with Crippen LogP contribution in [-0.4, -0.2) is 29.1 Å². The molecule has 7 nitrogen and oxygen atoms in total. The highest BCUT2D eigenvalue weighted by Gasteiger charge is 2.28. The summed E-state index contributed by atoms with van der Waals surface area (Å²) < 4.78 is 5.89. The minimum Gasteiger partial charge on any atom is -0.455 e. The van der Waals surface area contributed by atoms with E-state index >= 15 is 0 Å². The van der Waals surface area contributed by atoms with E-state index in [0.29, 0.717) is 24.4 Å². The van der Waals surface area contributed by atoms with Gasteiger partial charge in [0.2, 0.25) is 0 Å². The molecular weight excluding hydrogens is 400 g/mol. The molecule has 0 radical (unpaired) electrons. The zero-order chi connectivity index (χ0) is 20.9. The Kier molecular flexibility index (Phi) is 6.04. The second kappa shape index (κ2) is 9.04. The summed E-state index contributed by atoms with van der Waals surface area (Å²) in [6.07, 6.45) is 4.64. The molecule has 0 aromatic carbocycles. The maximum Gasteiger partial charge on any atom is 0.289 e. The van der Waals surface area contributed by atoms with Crippen molar-refractivity contribution < 1.29 is 14.0 Å². The van der Waals surface area contributed by atoms with Crippen LogP contribution in [0.1, 0.15) is 55.6 Å². The van der Waals surface area contributed by atoms with Crippen molar-refractivity contribution in [1.29, 1.82) is 0 Å². The summed E-state index contributed by atoms with van der Waals surface area (Å²) in [4.78, 5) is 30.1. The van der Waals surface area contributed by atoms with Crippen LogP contribution < -0.4 is 10.7 Å². The number of furan rings is 1. The predicted octanol–water partition coefficient (Wildman–Crippen LogP) is 3.49. The Morgan fingerprint density at radius 1 is 1.20 bits per heavy atom. The van der Waals surface area contributed by atoms with Gasteiger partial charge in [-0.1, -0.05) is 12.1 Å². The van der Waals surface area contributed by atoms with Crippen molar-refractivity contribution in [2.24, 2.45) is 5.10 Å². The summed E-state index contributed by atoms with van der Waals surface area (Å²) in [6.45, 7) is 2.41. The summed E-state index contributed by atoms with van der Waals surface area (Å²) in [5.74, 6) is 0.461. The van der Waals surface area contributed by atoms with E-state index in [1.54, 1.807) is 35.7 Å². The molecule has 0 saturated heterocycles. The number of fused-ring (bicyclic) bond motifs is 1. The second-order valence-electron chi connectivity index (χ2n) is 7.01. The molecule has 154 valence electrons. The number of aromatic nitrogens is 1. The Morgan fingerprint density at radius 3 is 2.87 bits per heavy atom. The highest BCUT2D eigenvalue weighted by molar-refractivity contribution is 7.09. The van der Waals surface area contributed by atoms with Crippen molar-refractivity contribution in [2.45, 2.75) is 32.6 Å². The molecule has 0 atom stereocenters. The van der Waals surface area contributed by atoms with E-state index in [0.717, 1.165) is 41.9 Å². The molecule has 30 heavy (non-hydrogen) atoms. The fourth-order valence-corrected chi connectivity index (χ4v) is 4.21. The Hall–Kier alpha value is -3.26. The van der Waals surface area contributed by atoms with Gasteiger partial charge in [0.15, 0.2) is 5.76 Å². The summed E-state index contributed by atoms with van der Waals surface area (Å²) in [6, 6.07) is 9.18. The number of carbonyl (C=O) groups is 2. The van der Waals surface area contributed by atoms with Gasteiger partial charge in [0.05, 0.1) is 5.71 Å². The summed E-state index contributed by atoms with van der Waals surface area (Å²) in [5, 5.41) is 9.27. The van der Waals surface area contributed by atoms with Gasteiger partial charge in [-0.2, -0.15) is 5.10 Å². The van der Waals surface area contributed by atoms with Crippen molar-refractivity contribution in [1.82, 2.24) is 15.7 Å². The first-order valence-corrected chi connectivity index (χ1v) is 10.7. The highest BCUT2D eigenvalue weighted by atomic mass is 32.1. The number of pyridine rings is 1. The van der Waals surface area contributed by atoms with Gasteiger partial charge in [0, 0.05) is 35.2 Å². The van der Waals surface area contributed by atoms with Crippen LogP contribution in [0.2, 0.25) is 0 Å². The number of hydrogen-bond acceptors (Lipinski definition) is 6. The summed E-state index contributed by atoms with van der Waals surface area (Å²) in [7, 11) is 0. The number of aryl methyl sites for hydroxylation is 1. The van der Waals surface area contributed by atoms with Crippen LogP contribution in [-0.2, 0) is 12.8 Å². The first kappa shape index (κ1) is 20.0. The molecule has 2 N–H and O–H groups in total. The van der Waals surface area contributed by atoms with E-state index in [-0.39, 0.29) is 11.8 Å². The molecule has 0 fully saturated rings. The van der Waals surface area contributed by atoms with Gasteiger partial charge < -0.3 is 9.73 Å². The van der Waals surface area contributed by atoms with Gasteiger partial charge in [-0.25, -0.2) is 5.43 Å². The molecule has 0 bridgehead atoms. The molecule has 0 saturated carbocycles. The van der Waals surface area contributed by atoms with Gasteiger partial charge in [0.25, 0.3) is 11.8 Å². The Morgan fingerprint density at radius 2 is 2.10 bits per heavy atom. The van der Waals surface area contributed by atoms with Gasteiger partial charge in [-0.3, -0.25) is 14.6 Å². The topological polar surface area (TPSA) is 96.6 Å². The van der Waals surface area contributed by atoms with Crippen molar-refractivity contribution in [3.05, 3.63) is 75.1 Å². The lowest BCUT2D eigenvalue weighted by Gasteiger charge is -2.13. The molecule has 0 aliphatic heterocycles. The minimum atomic E-state index is -0.372.